The van der Waals surface area contributed by atoms with Crippen LogP contribution >= 0.6 is 0 Å². The van der Waals surface area contributed by atoms with E-state index in [1.54, 1.807) is 5.57 Å². The summed E-state index contributed by atoms with van der Waals surface area (Å²) in [4.78, 5) is 2.62. The van der Waals surface area contributed by atoms with Gasteiger partial charge in [0.1, 0.15) is 0 Å². The first kappa shape index (κ1) is 13.7. The predicted molar refractivity (Wildman–Crippen MR) is 78.5 cm³/mol. The second kappa shape index (κ2) is 5.92. The highest BCUT2D eigenvalue weighted by Crippen LogP contribution is 2.30. The summed E-state index contributed by atoms with van der Waals surface area (Å²) in [6, 6.07) is 0.745. The van der Waals surface area contributed by atoms with Crippen LogP contribution in [0, 0.1) is 5.41 Å². The van der Waals surface area contributed by atoms with Crippen LogP contribution in [-0.4, -0.2) is 30.6 Å². The van der Waals surface area contributed by atoms with Gasteiger partial charge < -0.3 is 10.2 Å². The van der Waals surface area contributed by atoms with Gasteiger partial charge in [-0.1, -0.05) is 32.9 Å². The van der Waals surface area contributed by atoms with Gasteiger partial charge in [-0.3, -0.25) is 0 Å². The van der Waals surface area contributed by atoms with E-state index >= 15 is 0 Å². The van der Waals surface area contributed by atoms with Crippen LogP contribution in [0.3, 0.4) is 0 Å². The minimum Gasteiger partial charge on any atom is -0.374 e. The Morgan fingerprint density at radius 1 is 1.17 bits per heavy atom. The van der Waals surface area contributed by atoms with E-state index in [1.165, 1.54) is 38.9 Å². The van der Waals surface area contributed by atoms with Crippen molar-refractivity contribution in [3.63, 3.8) is 0 Å². The molecule has 2 heterocycles. The average Bonchev–Trinajstić information content (AvgIpc) is 2.28. The molecule has 0 amide bonds. The van der Waals surface area contributed by atoms with Crippen LogP contribution in [0.15, 0.2) is 23.9 Å². The third-order valence-corrected chi connectivity index (χ3v) is 4.12. The summed E-state index contributed by atoms with van der Waals surface area (Å²) in [5, 5.41) is 3.46. The van der Waals surface area contributed by atoms with Gasteiger partial charge in [0.05, 0.1) is 0 Å². The van der Waals surface area contributed by atoms with E-state index in [0.29, 0.717) is 0 Å². The molecule has 102 valence electrons. The van der Waals surface area contributed by atoms with Crippen LogP contribution in [0.2, 0.25) is 0 Å². The van der Waals surface area contributed by atoms with Gasteiger partial charge in [-0.15, -0.1) is 0 Å². The normalized spacial score (nSPS) is 28.2. The Balaban J connectivity index is 2.13. The van der Waals surface area contributed by atoms with Gasteiger partial charge in [0.25, 0.3) is 0 Å². The number of hydrogen-bond acceptors (Lipinski definition) is 2. The molecular weight excluding hydrogens is 220 g/mol. The van der Waals surface area contributed by atoms with Crippen LogP contribution in [0.25, 0.3) is 0 Å². The number of piperidine rings is 1. The molecule has 2 aliphatic heterocycles. The molecule has 2 aliphatic rings. The summed E-state index contributed by atoms with van der Waals surface area (Å²) in [7, 11) is 0. The van der Waals surface area contributed by atoms with E-state index in [0.717, 1.165) is 12.5 Å². The van der Waals surface area contributed by atoms with Crippen molar-refractivity contribution in [1.82, 2.24) is 10.2 Å². The SMILES string of the molecule is CC(C)(C)/C1=C/N(C2CCNCC2)CC/C=C/C1. The maximum absolute atomic E-state index is 3.46. The monoisotopic (exact) mass is 248 g/mol. The number of hydrogen-bond donors (Lipinski definition) is 1. The Hall–Kier alpha value is -0.760. The summed E-state index contributed by atoms with van der Waals surface area (Å²) in [6.07, 6.45) is 12.1. The molecule has 0 bridgehead atoms. The highest BCUT2D eigenvalue weighted by atomic mass is 15.1. The van der Waals surface area contributed by atoms with Gasteiger partial charge in [-0.2, -0.15) is 0 Å². The second-order valence-corrected chi connectivity index (χ2v) is 6.59. The summed E-state index contributed by atoms with van der Waals surface area (Å²) in [6.45, 7) is 10.5. The van der Waals surface area contributed by atoms with Crippen molar-refractivity contribution in [3.05, 3.63) is 23.9 Å². The molecule has 0 aromatic carbocycles. The van der Waals surface area contributed by atoms with Crippen LogP contribution in [0.1, 0.15) is 46.5 Å². The van der Waals surface area contributed by atoms with Gasteiger partial charge in [0.2, 0.25) is 0 Å². The first-order valence-electron chi connectivity index (χ1n) is 7.40. The second-order valence-electron chi connectivity index (χ2n) is 6.59. The summed E-state index contributed by atoms with van der Waals surface area (Å²) in [5.74, 6) is 0. The lowest BCUT2D eigenvalue weighted by Gasteiger charge is -2.36. The zero-order valence-corrected chi connectivity index (χ0v) is 12.2. The number of nitrogens with one attached hydrogen (secondary N) is 1. The highest BCUT2D eigenvalue weighted by Gasteiger charge is 2.22. The highest BCUT2D eigenvalue weighted by molar-refractivity contribution is 5.16. The molecule has 0 saturated carbocycles. The van der Waals surface area contributed by atoms with E-state index in [4.69, 9.17) is 0 Å². The lowest BCUT2D eigenvalue weighted by atomic mass is 9.84. The summed E-state index contributed by atoms with van der Waals surface area (Å²) >= 11 is 0. The zero-order valence-electron chi connectivity index (χ0n) is 12.2. The maximum Gasteiger partial charge on any atom is 0.0308 e. The fourth-order valence-corrected chi connectivity index (χ4v) is 2.80. The Kier molecular flexibility index (Phi) is 4.50. The molecule has 1 saturated heterocycles. The van der Waals surface area contributed by atoms with Crippen molar-refractivity contribution >= 4 is 0 Å². The van der Waals surface area contributed by atoms with Crippen LogP contribution < -0.4 is 5.32 Å². The summed E-state index contributed by atoms with van der Waals surface area (Å²) < 4.78 is 0. The Morgan fingerprint density at radius 3 is 2.56 bits per heavy atom. The lowest BCUT2D eigenvalue weighted by molar-refractivity contribution is 0.223. The predicted octanol–water partition coefficient (Wildman–Crippen LogP) is 3.32. The molecule has 2 heteroatoms. The molecule has 0 aromatic heterocycles. The van der Waals surface area contributed by atoms with Crippen LogP contribution in [0.5, 0.6) is 0 Å². The topological polar surface area (TPSA) is 15.3 Å². The lowest BCUT2D eigenvalue weighted by Crippen LogP contribution is -2.41. The minimum atomic E-state index is 0.285. The van der Waals surface area contributed by atoms with Gasteiger partial charge in [-0.25, -0.2) is 0 Å². The largest absolute Gasteiger partial charge is 0.374 e. The van der Waals surface area contributed by atoms with Crippen molar-refractivity contribution in [2.45, 2.75) is 52.5 Å². The molecule has 0 unspecified atom stereocenters. The van der Waals surface area contributed by atoms with Gasteiger partial charge >= 0.3 is 0 Å². The maximum atomic E-state index is 3.46. The van der Waals surface area contributed by atoms with Crippen LogP contribution in [-0.2, 0) is 0 Å². The molecular formula is C16H28N2. The zero-order chi connectivity index (χ0) is 13.0. The van der Waals surface area contributed by atoms with Gasteiger partial charge in [0, 0.05) is 12.6 Å². The molecule has 0 aromatic rings. The van der Waals surface area contributed by atoms with Crippen molar-refractivity contribution in [1.29, 1.82) is 0 Å². The molecule has 1 N–H and O–H groups in total. The van der Waals surface area contributed by atoms with Crippen LogP contribution in [0.4, 0.5) is 0 Å². The smallest absolute Gasteiger partial charge is 0.0308 e. The fraction of sp³-hybridized carbons (Fsp3) is 0.750. The average molecular weight is 248 g/mol. The van der Waals surface area contributed by atoms with Crippen molar-refractivity contribution < 1.29 is 0 Å². The molecule has 0 aliphatic carbocycles. The first-order valence-corrected chi connectivity index (χ1v) is 7.40. The molecule has 0 atom stereocenters. The number of allylic oxidation sites excluding steroid dienone is 2. The Labute approximate surface area is 112 Å². The van der Waals surface area contributed by atoms with Gasteiger partial charge in [-0.05, 0) is 56.0 Å². The third-order valence-electron chi connectivity index (χ3n) is 4.12. The Bertz CT molecular complexity index is 316. The minimum absolute atomic E-state index is 0.285. The molecule has 0 radical (unpaired) electrons. The van der Waals surface area contributed by atoms with E-state index in [9.17, 15) is 0 Å². The standard InChI is InChI=1S/C16H28N2/c1-16(2,3)14-7-5-4-6-12-18(13-14)15-8-10-17-11-9-15/h4-5,13,15,17H,6-12H2,1-3H3/b5-4+,14-13+. The third kappa shape index (κ3) is 3.61. The van der Waals surface area contributed by atoms with Crippen molar-refractivity contribution in [2.24, 2.45) is 5.41 Å². The van der Waals surface area contributed by atoms with Crippen molar-refractivity contribution in [3.8, 4) is 0 Å². The Morgan fingerprint density at radius 2 is 1.89 bits per heavy atom. The quantitative estimate of drug-likeness (QED) is 0.716. The van der Waals surface area contributed by atoms with E-state index in [-0.39, 0.29) is 5.41 Å². The van der Waals surface area contributed by atoms with E-state index in [2.05, 4.69) is 49.3 Å². The number of nitrogens with zero attached hydrogens (tertiary/aromatic N) is 1. The number of rotatable bonds is 1. The fourth-order valence-electron chi connectivity index (χ4n) is 2.80. The molecule has 2 rings (SSSR count). The van der Waals surface area contributed by atoms with E-state index in [1.807, 2.05) is 0 Å². The first-order chi connectivity index (χ1) is 8.57. The van der Waals surface area contributed by atoms with Gasteiger partial charge in [0.15, 0.2) is 0 Å². The van der Waals surface area contributed by atoms with E-state index < -0.39 is 0 Å². The molecule has 1 fully saturated rings. The molecule has 0 spiro atoms. The van der Waals surface area contributed by atoms with Crippen molar-refractivity contribution in [2.75, 3.05) is 19.6 Å². The molecule has 2 nitrogen and oxygen atoms in total. The summed E-state index contributed by atoms with van der Waals surface area (Å²) in [5.41, 5.74) is 1.85. The molecule has 18 heavy (non-hydrogen) atoms.